The molecule has 0 aliphatic rings. The fourth-order valence-corrected chi connectivity index (χ4v) is 1.35. The van der Waals surface area contributed by atoms with Crippen LogP contribution in [0.1, 0.15) is 16.1 Å². The van der Waals surface area contributed by atoms with Gasteiger partial charge in [-0.25, -0.2) is 18.2 Å². The van der Waals surface area contributed by atoms with Gasteiger partial charge in [-0.15, -0.1) is 0 Å². The standard InChI is InChI=1S/C12H6F3NO/c13-7-4-5-10(16-6-7)12(17)11-8(14)2-1-3-9(11)15/h1-6H. The molecular formula is C12H6F3NO. The van der Waals surface area contributed by atoms with E-state index in [4.69, 9.17) is 0 Å². The van der Waals surface area contributed by atoms with Crippen LogP contribution >= 0.6 is 0 Å². The molecule has 0 saturated heterocycles. The molecular weight excluding hydrogens is 231 g/mol. The van der Waals surface area contributed by atoms with E-state index in [9.17, 15) is 18.0 Å². The zero-order chi connectivity index (χ0) is 12.4. The van der Waals surface area contributed by atoms with Gasteiger partial charge in [0.05, 0.1) is 11.8 Å². The van der Waals surface area contributed by atoms with Crippen molar-refractivity contribution in [2.24, 2.45) is 0 Å². The third-order valence-corrected chi connectivity index (χ3v) is 2.15. The number of benzene rings is 1. The number of rotatable bonds is 2. The Labute approximate surface area is 94.7 Å². The average molecular weight is 237 g/mol. The quantitative estimate of drug-likeness (QED) is 0.751. The van der Waals surface area contributed by atoms with E-state index >= 15 is 0 Å². The molecule has 2 rings (SSSR count). The molecule has 0 aliphatic heterocycles. The molecule has 2 nitrogen and oxygen atoms in total. The summed E-state index contributed by atoms with van der Waals surface area (Å²) in [5.41, 5.74) is -0.901. The minimum absolute atomic E-state index is 0.213. The van der Waals surface area contributed by atoms with Crippen LogP contribution in [0.3, 0.4) is 0 Å². The lowest BCUT2D eigenvalue weighted by Crippen LogP contribution is -2.09. The first kappa shape index (κ1) is 11.3. The number of carbonyl (C=O) groups is 1. The van der Waals surface area contributed by atoms with Gasteiger partial charge in [0.15, 0.2) is 0 Å². The molecule has 0 spiro atoms. The Hall–Kier alpha value is -2.17. The molecule has 0 fully saturated rings. The molecule has 17 heavy (non-hydrogen) atoms. The van der Waals surface area contributed by atoms with Crippen molar-refractivity contribution in [2.75, 3.05) is 0 Å². The molecule has 0 aliphatic carbocycles. The molecule has 1 aromatic heterocycles. The summed E-state index contributed by atoms with van der Waals surface area (Å²) in [4.78, 5) is 15.2. The van der Waals surface area contributed by atoms with Gasteiger partial charge in [0.1, 0.15) is 23.1 Å². The molecule has 0 saturated carbocycles. The van der Waals surface area contributed by atoms with Gasteiger partial charge in [-0.2, -0.15) is 0 Å². The highest BCUT2D eigenvalue weighted by molar-refractivity contribution is 6.07. The second-order valence-corrected chi connectivity index (χ2v) is 3.29. The Morgan fingerprint density at radius 2 is 1.65 bits per heavy atom. The van der Waals surface area contributed by atoms with Crippen molar-refractivity contribution in [3.05, 3.63) is 65.2 Å². The average Bonchev–Trinajstić information content (AvgIpc) is 2.29. The fourth-order valence-electron chi connectivity index (χ4n) is 1.35. The van der Waals surface area contributed by atoms with Gasteiger partial charge in [-0.05, 0) is 24.3 Å². The summed E-state index contributed by atoms with van der Waals surface area (Å²) < 4.78 is 39.2. The summed E-state index contributed by atoms with van der Waals surface area (Å²) in [6.45, 7) is 0. The van der Waals surface area contributed by atoms with Gasteiger partial charge in [0.25, 0.3) is 0 Å². The number of hydrogen-bond donors (Lipinski definition) is 0. The molecule has 0 N–H and O–H groups in total. The first-order chi connectivity index (χ1) is 8.09. The Bertz CT molecular complexity index is 546. The maximum Gasteiger partial charge on any atom is 0.217 e. The summed E-state index contributed by atoms with van der Waals surface area (Å²) >= 11 is 0. The van der Waals surface area contributed by atoms with Crippen LogP contribution in [0.25, 0.3) is 0 Å². The third-order valence-electron chi connectivity index (χ3n) is 2.15. The van der Waals surface area contributed by atoms with Crippen LogP contribution in [0, 0.1) is 17.5 Å². The van der Waals surface area contributed by atoms with Crippen molar-refractivity contribution < 1.29 is 18.0 Å². The molecule has 5 heteroatoms. The lowest BCUT2D eigenvalue weighted by Gasteiger charge is -2.03. The van der Waals surface area contributed by atoms with Crippen LogP contribution in [0.4, 0.5) is 13.2 Å². The summed E-state index contributed by atoms with van der Waals surface area (Å²) in [5, 5.41) is 0. The van der Waals surface area contributed by atoms with Crippen molar-refractivity contribution in [1.29, 1.82) is 0 Å². The van der Waals surface area contributed by atoms with Crippen LogP contribution in [-0.4, -0.2) is 10.8 Å². The zero-order valence-corrected chi connectivity index (χ0v) is 8.45. The second-order valence-electron chi connectivity index (χ2n) is 3.29. The van der Waals surface area contributed by atoms with E-state index in [2.05, 4.69) is 4.98 Å². The number of nitrogens with zero attached hydrogens (tertiary/aromatic N) is 1. The number of halogens is 3. The van der Waals surface area contributed by atoms with Crippen LogP contribution in [0.15, 0.2) is 36.5 Å². The molecule has 1 heterocycles. The number of pyridine rings is 1. The predicted octanol–water partition coefficient (Wildman–Crippen LogP) is 2.73. The van der Waals surface area contributed by atoms with Crippen LogP contribution in [-0.2, 0) is 0 Å². The molecule has 0 radical (unpaired) electrons. The summed E-state index contributed by atoms with van der Waals surface area (Å²) in [5.74, 6) is -3.49. The minimum atomic E-state index is -0.971. The van der Waals surface area contributed by atoms with Crippen LogP contribution in [0.5, 0.6) is 0 Å². The largest absolute Gasteiger partial charge is 0.287 e. The molecule has 0 atom stereocenters. The van der Waals surface area contributed by atoms with E-state index in [0.29, 0.717) is 0 Å². The SMILES string of the molecule is O=C(c1ccc(F)cn1)c1c(F)cccc1F. The first-order valence-electron chi connectivity index (χ1n) is 4.70. The molecule has 0 amide bonds. The normalized spacial score (nSPS) is 10.3. The van der Waals surface area contributed by atoms with E-state index in [1.807, 2.05) is 0 Å². The van der Waals surface area contributed by atoms with E-state index in [1.165, 1.54) is 0 Å². The maximum atomic E-state index is 13.3. The topological polar surface area (TPSA) is 30.0 Å². The maximum absolute atomic E-state index is 13.3. The fraction of sp³-hybridized carbons (Fsp3) is 0. The van der Waals surface area contributed by atoms with Crippen molar-refractivity contribution in [3.63, 3.8) is 0 Å². The monoisotopic (exact) mass is 237 g/mol. The second kappa shape index (κ2) is 4.37. The highest BCUT2D eigenvalue weighted by Gasteiger charge is 2.19. The van der Waals surface area contributed by atoms with Crippen molar-refractivity contribution >= 4 is 5.78 Å². The van der Waals surface area contributed by atoms with Gasteiger partial charge in [-0.1, -0.05) is 6.07 Å². The van der Waals surface area contributed by atoms with E-state index < -0.39 is 28.8 Å². The van der Waals surface area contributed by atoms with Gasteiger partial charge >= 0.3 is 0 Å². The Balaban J connectivity index is 2.47. The summed E-state index contributed by atoms with van der Waals surface area (Å²) in [7, 11) is 0. The third kappa shape index (κ3) is 2.18. The number of aromatic nitrogens is 1. The number of hydrogen-bond acceptors (Lipinski definition) is 2. The molecule has 0 bridgehead atoms. The van der Waals surface area contributed by atoms with E-state index in [1.54, 1.807) is 0 Å². The number of carbonyl (C=O) groups excluding carboxylic acids is 1. The Kier molecular flexibility index (Phi) is 2.91. The Morgan fingerprint density at radius 3 is 2.18 bits per heavy atom. The van der Waals surface area contributed by atoms with Gasteiger partial charge in [0, 0.05) is 0 Å². The molecule has 86 valence electrons. The van der Waals surface area contributed by atoms with Crippen molar-refractivity contribution in [2.45, 2.75) is 0 Å². The highest BCUT2D eigenvalue weighted by Crippen LogP contribution is 2.16. The predicted molar refractivity (Wildman–Crippen MR) is 54.0 cm³/mol. The van der Waals surface area contributed by atoms with Gasteiger partial charge in [-0.3, -0.25) is 4.79 Å². The summed E-state index contributed by atoms with van der Waals surface area (Å²) in [6, 6.07) is 5.17. The van der Waals surface area contributed by atoms with E-state index in [-0.39, 0.29) is 5.69 Å². The van der Waals surface area contributed by atoms with Crippen molar-refractivity contribution in [1.82, 2.24) is 4.98 Å². The minimum Gasteiger partial charge on any atom is -0.287 e. The lowest BCUT2D eigenvalue weighted by molar-refractivity contribution is 0.102. The smallest absolute Gasteiger partial charge is 0.217 e. The Morgan fingerprint density at radius 1 is 1.00 bits per heavy atom. The van der Waals surface area contributed by atoms with Gasteiger partial charge < -0.3 is 0 Å². The summed E-state index contributed by atoms with van der Waals surface area (Å²) in [6.07, 6.45) is 0.811. The lowest BCUT2D eigenvalue weighted by atomic mass is 10.1. The highest BCUT2D eigenvalue weighted by atomic mass is 19.1. The molecule has 2 aromatic rings. The number of ketones is 1. The van der Waals surface area contributed by atoms with Gasteiger partial charge in [0.2, 0.25) is 5.78 Å². The van der Waals surface area contributed by atoms with Crippen molar-refractivity contribution in [3.8, 4) is 0 Å². The molecule has 0 unspecified atom stereocenters. The zero-order valence-electron chi connectivity index (χ0n) is 8.45. The first-order valence-corrected chi connectivity index (χ1v) is 4.70. The van der Waals surface area contributed by atoms with Crippen LogP contribution in [0.2, 0.25) is 0 Å². The van der Waals surface area contributed by atoms with E-state index in [0.717, 1.165) is 36.5 Å². The van der Waals surface area contributed by atoms with Crippen LogP contribution < -0.4 is 0 Å². The molecule has 1 aromatic carbocycles.